The monoisotopic (exact) mass is 262 g/mol. The van der Waals surface area contributed by atoms with Crippen molar-refractivity contribution in [1.29, 1.82) is 0 Å². The Bertz CT molecular complexity index is 355. The van der Waals surface area contributed by atoms with E-state index in [0.717, 1.165) is 11.7 Å². The Kier molecular flexibility index (Phi) is 5.67. The molecule has 0 bridgehead atoms. The van der Waals surface area contributed by atoms with Gasteiger partial charge in [-0.1, -0.05) is 44.4 Å². The second-order valence-electron chi connectivity index (χ2n) is 5.60. The van der Waals surface area contributed by atoms with Gasteiger partial charge in [0.25, 0.3) is 0 Å². The van der Waals surface area contributed by atoms with E-state index in [4.69, 9.17) is 10.6 Å². The van der Waals surface area contributed by atoms with Gasteiger partial charge in [0.15, 0.2) is 0 Å². The van der Waals surface area contributed by atoms with E-state index in [1.54, 1.807) is 0 Å². The van der Waals surface area contributed by atoms with Gasteiger partial charge in [-0.3, -0.25) is 11.3 Å². The highest BCUT2D eigenvalue weighted by Gasteiger charge is 2.27. The standard InChI is InChI=1S/C16H26N2O/c1-2-13-7-6-8-14(11-13)16(18-17)12-19-15-9-4-3-5-10-15/h3-5,9-10,13-14,16,18H,2,6-8,11-12,17H2,1H3. The van der Waals surface area contributed by atoms with Gasteiger partial charge >= 0.3 is 0 Å². The molecule has 3 unspecified atom stereocenters. The van der Waals surface area contributed by atoms with Crippen LogP contribution in [-0.2, 0) is 0 Å². The van der Waals surface area contributed by atoms with Gasteiger partial charge in [0, 0.05) is 0 Å². The molecule has 1 aliphatic carbocycles. The molecule has 0 amide bonds. The zero-order chi connectivity index (χ0) is 13.5. The lowest BCUT2D eigenvalue weighted by molar-refractivity contribution is 0.159. The van der Waals surface area contributed by atoms with Gasteiger partial charge in [0.05, 0.1) is 6.04 Å². The molecule has 0 radical (unpaired) electrons. The van der Waals surface area contributed by atoms with Gasteiger partial charge in [-0.25, -0.2) is 0 Å². The van der Waals surface area contributed by atoms with E-state index < -0.39 is 0 Å². The maximum atomic E-state index is 5.84. The Morgan fingerprint density at radius 1 is 1.32 bits per heavy atom. The van der Waals surface area contributed by atoms with Gasteiger partial charge < -0.3 is 4.74 Å². The molecule has 1 saturated carbocycles. The first-order valence-corrected chi connectivity index (χ1v) is 7.47. The first-order chi connectivity index (χ1) is 9.33. The molecule has 0 heterocycles. The second-order valence-corrected chi connectivity index (χ2v) is 5.60. The van der Waals surface area contributed by atoms with Crippen LogP contribution >= 0.6 is 0 Å². The summed E-state index contributed by atoms with van der Waals surface area (Å²) in [6.07, 6.45) is 6.54. The Hall–Kier alpha value is -1.06. The zero-order valence-electron chi connectivity index (χ0n) is 11.8. The Morgan fingerprint density at radius 3 is 2.79 bits per heavy atom. The molecule has 1 aromatic rings. The van der Waals surface area contributed by atoms with Crippen molar-refractivity contribution in [1.82, 2.24) is 5.43 Å². The highest BCUT2D eigenvalue weighted by Crippen LogP contribution is 2.32. The van der Waals surface area contributed by atoms with Crippen LogP contribution in [0, 0.1) is 11.8 Å². The van der Waals surface area contributed by atoms with Crippen molar-refractivity contribution in [2.75, 3.05) is 6.61 Å². The SMILES string of the molecule is CCC1CCCC(C(COc2ccccc2)NN)C1. The minimum Gasteiger partial charge on any atom is -0.492 e. The lowest BCUT2D eigenvalue weighted by atomic mass is 9.77. The minimum atomic E-state index is 0.259. The maximum Gasteiger partial charge on any atom is 0.119 e. The van der Waals surface area contributed by atoms with Crippen LogP contribution in [-0.4, -0.2) is 12.6 Å². The van der Waals surface area contributed by atoms with Crippen LogP contribution < -0.4 is 16.0 Å². The highest BCUT2D eigenvalue weighted by atomic mass is 16.5. The number of hydrogen-bond donors (Lipinski definition) is 2. The normalized spacial score (nSPS) is 24.9. The lowest BCUT2D eigenvalue weighted by Crippen LogP contribution is -2.46. The first-order valence-electron chi connectivity index (χ1n) is 7.47. The third-order valence-corrected chi connectivity index (χ3v) is 4.36. The fourth-order valence-electron chi connectivity index (χ4n) is 3.09. The van der Waals surface area contributed by atoms with Crippen molar-refractivity contribution in [2.24, 2.45) is 17.7 Å². The molecule has 1 aromatic carbocycles. The van der Waals surface area contributed by atoms with E-state index >= 15 is 0 Å². The highest BCUT2D eigenvalue weighted by molar-refractivity contribution is 5.20. The Balaban J connectivity index is 1.85. The minimum absolute atomic E-state index is 0.259. The number of benzene rings is 1. The summed E-state index contributed by atoms with van der Waals surface area (Å²) in [5, 5.41) is 0. The van der Waals surface area contributed by atoms with Gasteiger partial charge in [0.2, 0.25) is 0 Å². The molecule has 3 N–H and O–H groups in total. The molecule has 19 heavy (non-hydrogen) atoms. The van der Waals surface area contributed by atoms with E-state index in [2.05, 4.69) is 12.3 Å². The summed E-state index contributed by atoms with van der Waals surface area (Å²) in [5.74, 6) is 8.16. The van der Waals surface area contributed by atoms with E-state index in [-0.39, 0.29) is 6.04 Å². The topological polar surface area (TPSA) is 47.3 Å². The summed E-state index contributed by atoms with van der Waals surface area (Å²) in [4.78, 5) is 0. The van der Waals surface area contributed by atoms with Crippen LogP contribution in [0.5, 0.6) is 5.75 Å². The molecule has 2 rings (SSSR count). The third-order valence-electron chi connectivity index (χ3n) is 4.36. The summed E-state index contributed by atoms with van der Waals surface area (Å²) in [6.45, 7) is 2.94. The quantitative estimate of drug-likeness (QED) is 0.611. The van der Waals surface area contributed by atoms with Crippen LogP contribution in [0.3, 0.4) is 0 Å². The van der Waals surface area contributed by atoms with Crippen molar-refractivity contribution in [3.05, 3.63) is 30.3 Å². The van der Waals surface area contributed by atoms with Crippen molar-refractivity contribution in [3.8, 4) is 5.75 Å². The summed E-state index contributed by atoms with van der Waals surface area (Å²) < 4.78 is 5.84. The predicted octanol–water partition coefficient (Wildman–Crippen LogP) is 3.11. The fourth-order valence-corrected chi connectivity index (χ4v) is 3.09. The predicted molar refractivity (Wildman–Crippen MR) is 78.8 cm³/mol. The summed E-state index contributed by atoms with van der Waals surface area (Å²) in [6, 6.07) is 10.2. The van der Waals surface area contributed by atoms with Crippen molar-refractivity contribution in [3.63, 3.8) is 0 Å². The van der Waals surface area contributed by atoms with E-state index in [1.807, 2.05) is 30.3 Å². The molecule has 3 atom stereocenters. The number of rotatable bonds is 6. The van der Waals surface area contributed by atoms with Gasteiger partial charge in [0.1, 0.15) is 12.4 Å². The summed E-state index contributed by atoms with van der Waals surface area (Å²) in [5.41, 5.74) is 2.96. The van der Waals surface area contributed by atoms with E-state index in [0.29, 0.717) is 12.5 Å². The van der Waals surface area contributed by atoms with Gasteiger partial charge in [-0.2, -0.15) is 0 Å². The maximum absolute atomic E-state index is 5.84. The van der Waals surface area contributed by atoms with Crippen LogP contribution in [0.1, 0.15) is 39.0 Å². The Labute approximate surface area is 116 Å². The van der Waals surface area contributed by atoms with Crippen molar-refractivity contribution in [2.45, 2.75) is 45.1 Å². The van der Waals surface area contributed by atoms with E-state index in [9.17, 15) is 0 Å². The van der Waals surface area contributed by atoms with Crippen molar-refractivity contribution >= 4 is 0 Å². The molecule has 106 valence electrons. The number of hydrogen-bond acceptors (Lipinski definition) is 3. The van der Waals surface area contributed by atoms with Crippen LogP contribution in [0.2, 0.25) is 0 Å². The molecule has 0 aromatic heterocycles. The molecule has 3 heteroatoms. The third kappa shape index (κ3) is 4.22. The first kappa shape index (κ1) is 14.4. The molecular formula is C16H26N2O. The average molecular weight is 262 g/mol. The number of hydrazine groups is 1. The Morgan fingerprint density at radius 2 is 2.11 bits per heavy atom. The number of nitrogens with one attached hydrogen (secondary N) is 1. The molecule has 1 aliphatic rings. The molecule has 0 saturated heterocycles. The molecule has 1 fully saturated rings. The molecule has 0 aliphatic heterocycles. The van der Waals surface area contributed by atoms with Crippen molar-refractivity contribution < 1.29 is 4.74 Å². The smallest absolute Gasteiger partial charge is 0.119 e. The molecule has 3 nitrogen and oxygen atoms in total. The van der Waals surface area contributed by atoms with Crippen LogP contribution in [0.4, 0.5) is 0 Å². The fraction of sp³-hybridized carbons (Fsp3) is 0.625. The summed E-state index contributed by atoms with van der Waals surface area (Å²) >= 11 is 0. The summed E-state index contributed by atoms with van der Waals surface area (Å²) in [7, 11) is 0. The number of nitrogens with two attached hydrogens (primary N) is 1. The van der Waals surface area contributed by atoms with Crippen LogP contribution in [0.25, 0.3) is 0 Å². The molecule has 0 spiro atoms. The second kappa shape index (κ2) is 7.51. The molecular weight excluding hydrogens is 236 g/mol. The lowest BCUT2D eigenvalue weighted by Gasteiger charge is -2.33. The van der Waals surface area contributed by atoms with E-state index in [1.165, 1.54) is 32.1 Å². The van der Waals surface area contributed by atoms with Gasteiger partial charge in [-0.15, -0.1) is 0 Å². The number of ether oxygens (including phenoxy) is 1. The van der Waals surface area contributed by atoms with Crippen LogP contribution in [0.15, 0.2) is 30.3 Å². The average Bonchev–Trinajstić information content (AvgIpc) is 2.49. The largest absolute Gasteiger partial charge is 0.492 e. The number of para-hydroxylation sites is 1. The zero-order valence-corrected chi connectivity index (χ0v) is 11.8. The van der Waals surface area contributed by atoms with Gasteiger partial charge in [-0.05, 0) is 36.8 Å².